The number of carbonyl (C=O) groups excluding carboxylic acids is 1. The van der Waals surface area contributed by atoms with Gasteiger partial charge in [-0.15, -0.1) is 5.10 Å². The number of nitrogens with one attached hydrogen (secondary N) is 2. The molecule has 7 nitrogen and oxygen atoms in total. The van der Waals surface area contributed by atoms with Gasteiger partial charge in [-0.05, 0) is 0 Å². The summed E-state index contributed by atoms with van der Waals surface area (Å²) < 4.78 is 10.7. The molecule has 1 unspecified atom stereocenters. The SMILES string of the molecule is CC(C)(C)c1nc(C(=O)NCC2COCCO2)n[nH]1. The minimum Gasteiger partial charge on any atom is -0.376 e. The van der Waals surface area contributed by atoms with Crippen LogP contribution in [0.2, 0.25) is 0 Å². The van der Waals surface area contributed by atoms with Crippen LogP contribution in [-0.2, 0) is 14.9 Å². The molecule has 0 radical (unpaired) electrons. The Hall–Kier alpha value is -1.47. The molecule has 0 spiro atoms. The van der Waals surface area contributed by atoms with Crippen LogP contribution in [0.3, 0.4) is 0 Å². The van der Waals surface area contributed by atoms with Gasteiger partial charge in [-0.1, -0.05) is 20.8 Å². The zero-order chi connectivity index (χ0) is 13.9. The second kappa shape index (κ2) is 5.66. The maximum absolute atomic E-state index is 11.9. The van der Waals surface area contributed by atoms with Gasteiger partial charge in [0.25, 0.3) is 5.91 Å². The number of amides is 1. The summed E-state index contributed by atoms with van der Waals surface area (Å²) in [4.78, 5) is 16.1. The number of H-pyrrole nitrogens is 1. The second-order valence-corrected chi connectivity index (χ2v) is 5.54. The van der Waals surface area contributed by atoms with Crippen molar-refractivity contribution in [3.8, 4) is 0 Å². The molecule has 1 aliphatic heterocycles. The van der Waals surface area contributed by atoms with E-state index >= 15 is 0 Å². The summed E-state index contributed by atoms with van der Waals surface area (Å²) in [6.45, 7) is 8.09. The highest BCUT2D eigenvalue weighted by atomic mass is 16.6. The number of ether oxygens (including phenoxy) is 2. The number of rotatable bonds is 3. The largest absolute Gasteiger partial charge is 0.376 e. The number of aromatic nitrogens is 3. The Morgan fingerprint density at radius 2 is 2.26 bits per heavy atom. The van der Waals surface area contributed by atoms with E-state index in [2.05, 4.69) is 20.5 Å². The molecule has 2 heterocycles. The summed E-state index contributed by atoms with van der Waals surface area (Å²) in [5, 5.41) is 9.46. The lowest BCUT2D eigenvalue weighted by Gasteiger charge is -2.22. The maximum atomic E-state index is 11.9. The molecule has 2 rings (SSSR count). The predicted octanol–water partition coefficient (Wildman–Crippen LogP) is 0.247. The molecule has 1 aromatic rings. The van der Waals surface area contributed by atoms with E-state index in [-0.39, 0.29) is 23.3 Å². The normalized spacial score (nSPS) is 20.3. The van der Waals surface area contributed by atoms with Crippen molar-refractivity contribution < 1.29 is 14.3 Å². The van der Waals surface area contributed by atoms with Gasteiger partial charge in [-0.2, -0.15) is 0 Å². The first-order valence-electron chi connectivity index (χ1n) is 6.37. The standard InChI is InChI=1S/C12H20N4O3/c1-12(2,3)11-14-9(15-16-11)10(17)13-6-8-7-18-4-5-19-8/h8H,4-7H2,1-3H3,(H,13,17)(H,14,15,16). The molecular formula is C12H20N4O3. The average Bonchev–Trinajstić information content (AvgIpc) is 2.87. The summed E-state index contributed by atoms with van der Waals surface area (Å²) >= 11 is 0. The molecule has 106 valence electrons. The predicted molar refractivity (Wildman–Crippen MR) is 68.0 cm³/mol. The molecule has 0 bridgehead atoms. The Morgan fingerprint density at radius 1 is 1.47 bits per heavy atom. The van der Waals surface area contributed by atoms with Gasteiger partial charge >= 0.3 is 0 Å². The van der Waals surface area contributed by atoms with Gasteiger partial charge in [0.05, 0.1) is 25.9 Å². The van der Waals surface area contributed by atoms with Gasteiger partial charge in [-0.3, -0.25) is 9.89 Å². The summed E-state index contributed by atoms with van der Waals surface area (Å²) in [6.07, 6.45) is -0.0984. The van der Waals surface area contributed by atoms with Crippen LogP contribution in [0.1, 0.15) is 37.2 Å². The van der Waals surface area contributed by atoms with Gasteiger partial charge in [0.15, 0.2) is 0 Å². The molecule has 1 aliphatic rings. The van der Waals surface area contributed by atoms with Crippen molar-refractivity contribution in [2.75, 3.05) is 26.4 Å². The Labute approximate surface area is 112 Å². The first-order chi connectivity index (χ1) is 8.97. The van der Waals surface area contributed by atoms with E-state index in [0.29, 0.717) is 32.2 Å². The van der Waals surface area contributed by atoms with Crippen LogP contribution in [0, 0.1) is 0 Å². The topological polar surface area (TPSA) is 89.1 Å². The highest BCUT2D eigenvalue weighted by molar-refractivity contribution is 5.90. The van der Waals surface area contributed by atoms with Gasteiger partial charge in [0.2, 0.25) is 5.82 Å². The van der Waals surface area contributed by atoms with E-state index in [9.17, 15) is 4.79 Å². The first kappa shape index (κ1) is 14.0. The Morgan fingerprint density at radius 3 is 2.84 bits per heavy atom. The zero-order valence-corrected chi connectivity index (χ0v) is 11.5. The summed E-state index contributed by atoms with van der Waals surface area (Å²) in [5.74, 6) is 0.539. The third-order valence-corrected chi connectivity index (χ3v) is 2.77. The molecule has 1 atom stereocenters. The molecule has 0 aliphatic carbocycles. The van der Waals surface area contributed by atoms with Gasteiger partial charge in [0, 0.05) is 12.0 Å². The molecule has 1 saturated heterocycles. The summed E-state index contributed by atoms with van der Waals surface area (Å²) in [6, 6.07) is 0. The Kier molecular flexibility index (Phi) is 4.16. The molecular weight excluding hydrogens is 248 g/mol. The van der Waals surface area contributed by atoms with E-state index in [1.54, 1.807) is 0 Å². The number of nitrogens with zero attached hydrogens (tertiary/aromatic N) is 2. The lowest BCUT2D eigenvalue weighted by atomic mass is 9.96. The van der Waals surface area contributed by atoms with Crippen molar-refractivity contribution >= 4 is 5.91 Å². The molecule has 0 aromatic carbocycles. The summed E-state index contributed by atoms with van der Waals surface area (Å²) in [5.41, 5.74) is -0.161. The highest BCUT2D eigenvalue weighted by Gasteiger charge is 2.22. The van der Waals surface area contributed by atoms with Crippen LogP contribution in [-0.4, -0.2) is 53.6 Å². The van der Waals surface area contributed by atoms with Crippen LogP contribution < -0.4 is 5.32 Å². The smallest absolute Gasteiger partial charge is 0.291 e. The van der Waals surface area contributed by atoms with Crippen LogP contribution in [0.4, 0.5) is 0 Å². The first-order valence-corrected chi connectivity index (χ1v) is 6.37. The molecule has 1 aromatic heterocycles. The van der Waals surface area contributed by atoms with E-state index in [0.717, 1.165) is 0 Å². The van der Waals surface area contributed by atoms with Crippen molar-refractivity contribution in [2.24, 2.45) is 0 Å². The number of carbonyl (C=O) groups is 1. The molecule has 0 saturated carbocycles. The molecule has 7 heteroatoms. The van der Waals surface area contributed by atoms with Crippen LogP contribution in [0.5, 0.6) is 0 Å². The summed E-state index contributed by atoms with van der Waals surface area (Å²) in [7, 11) is 0. The molecule has 1 fully saturated rings. The molecule has 2 N–H and O–H groups in total. The van der Waals surface area contributed by atoms with Gasteiger partial charge < -0.3 is 14.8 Å². The minimum absolute atomic E-state index is 0.0984. The lowest BCUT2D eigenvalue weighted by molar-refractivity contribution is -0.0855. The van der Waals surface area contributed by atoms with Crippen molar-refractivity contribution in [2.45, 2.75) is 32.3 Å². The average molecular weight is 268 g/mol. The van der Waals surface area contributed by atoms with Crippen LogP contribution >= 0.6 is 0 Å². The van der Waals surface area contributed by atoms with Crippen molar-refractivity contribution in [1.29, 1.82) is 0 Å². The van der Waals surface area contributed by atoms with E-state index in [4.69, 9.17) is 9.47 Å². The fourth-order valence-corrected chi connectivity index (χ4v) is 1.64. The third-order valence-electron chi connectivity index (χ3n) is 2.77. The zero-order valence-electron chi connectivity index (χ0n) is 11.5. The lowest BCUT2D eigenvalue weighted by Crippen LogP contribution is -2.40. The quantitative estimate of drug-likeness (QED) is 0.820. The minimum atomic E-state index is -0.305. The molecule has 1 amide bonds. The monoisotopic (exact) mass is 268 g/mol. The maximum Gasteiger partial charge on any atom is 0.291 e. The van der Waals surface area contributed by atoms with E-state index in [1.165, 1.54) is 0 Å². The number of aromatic amines is 1. The Bertz CT molecular complexity index is 432. The van der Waals surface area contributed by atoms with E-state index in [1.807, 2.05) is 20.8 Å². The van der Waals surface area contributed by atoms with Crippen LogP contribution in [0.15, 0.2) is 0 Å². The Balaban J connectivity index is 1.87. The molecule has 19 heavy (non-hydrogen) atoms. The third kappa shape index (κ3) is 3.74. The van der Waals surface area contributed by atoms with Gasteiger partial charge in [-0.25, -0.2) is 4.98 Å². The van der Waals surface area contributed by atoms with Crippen molar-refractivity contribution in [1.82, 2.24) is 20.5 Å². The van der Waals surface area contributed by atoms with Crippen molar-refractivity contribution in [3.05, 3.63) is 11.6 Å². The van der Waals surface area contributed by atoms with Crippen LogP contribution in [0.25, 0.3) is 0 Å². The highest BCUT2D eigenvalue weighted by Crippen LogP contribution is 2.17. The van der Waals surface area contributed by atoms with Gasteiger partial charge in [0.1, 0.15) is 5.82 Å². The second-order valence-electron chi connectivity index (χ2n) is 5.54. The fraction of sp³-hybridized carbons (Fsp3) is 0.750. The number of hydrogen-bond acceptors (Lipinski definition) is 5. The fourth-order valence-electron chi connectivity index (χ4n) is 1.64. The number of hydrogen-bond donors (Lipinski definition) is 2. The van der Waals surface area contributed by atoms with Crippen molar-refractivity contribution in [3.63, 3.8) is 0 Å². The van der Waals surface area contributed by atoms with E-state index < -0.39 is 0 Å².